The van der Waals surface area contributed by atoms with Gasteiger partial charge in [-0.15, -0.1) is 0 Å². The average molecular weight is 472 g/mol. The highest BCUT2D eigenvalue weighted by molar-refractivity contribution is 6.31. The number of methoxy groups -OCH3 is 1. The topological polar surface area (TPSA) is 114 Å². The number of amides is 1. The van der Waals surface area contributed by atoms with Gasteiger partial charge in [-0.1, -0.05) is 17.7 Å². The minimum atomic E-state index is -0.563. The average Bonchev–Trinajstić information content (AvgIpc) is 3.20. The van der Waals surface area contributed by atoms with Crippen LogP contribution in [0, 0.1) is 5.82 Å². The Morgan fingerprint density at radius 2 is 2.18 bits per heavy atom. The van der Waals surface area contributed by atoms with E-state index in [1.807, 2.05) is 4.90 Å². The van der Waals surface area contributed by atoms with Crippen molar-refractivity contribution in [2.75, 3.05) is 30.5 Å². The molecule has 1 aromatic heterocycles. The Morgan fingerprint density at radius 3 is 2.94 bits per heavy atom. The molecule has 4 rings (SSSR count). The van der Waals surface area contributed by atoms with Gasteiger partial charge in [0.25, 0.3) is 5.91 Å². The molecule has 2 aromatic carbocycles. The van der Waals surface area contributed by atoms with E-state index >= 15 is 0 Å². The van der Waals surface area contributed by atoms with E-state index in [0.29, 0.717) is 29.4 Å². The number of aliphatic hydroxyl groups is 1. The van der Waals surface area contributed by atoms with Crippen LogP contribution in [0.4, 0.5) is 15.8 Å². The molecule has 0 saturated carbocycles. The SMILES string of the molecule is COc1cccc(F)c1-c1nccc(C(=O)Nc2ccc(Cl)cc2N2C[C@@H](N)C[C@H]2CO)n1. The van der Waals surface area contributed by atoms with Gasteiger partial charge >= 0.3 is 0 Å². The summed E-state index contributed by atoms with van der Waals surface area (Å²) < 4.78 is 19.7. The van der Waals surface area contributed by atoms with Gasteiger partial charge in [0, 0.05) is 23.8 Å². The smallest absolute Gasteiger partial charge is 0.274 e. The Labute approximate surface area is 195 Å². The molecule has 0 radical (unpaired) electrons. The lowest BCUT2D eigenvalue weighted by Gasteiger charge is -2.27. The highest BCUT2D eigenvalue weighted by atomic mass is 35.5. The largest absolute Gasteiger partial charge is 0.496 e. The Bertz CT molecular complexity index is 1180. The maximum absolute atomic E-state index is 14.5. The van der Waals surface area contributed by atoms with Gasteiger partial charge in [0.1, 0.15) is 17.3 Å². The molecule has 0 unspecified atom stereocenters. The molecule has 1 fully saturated rings. The van der Waals surface area contributed by atoms with Gasteiger partial charge in [0.2, 0.25) is 0 Å². The van der Waals surface area contributed by atoms with Crippen LogP contribution in [0.1, 0.15) is 16.9 Å². The molecule has 2 atom stereocenters. The van der Waals surface area contributed by atoms with Crippen LogP contribution in [0.2, 0.25) is 5.02 Å². The number of rotatable bonds is 6. The molecule has 1 aliphatic rings. The number of carbonyl (C=O) groups is 1. The summed E-state index contributed by atoms with van der Waals surface area (Å²) in [6, 6.07) is 10.6. The molecule has 33 heavy (non-hydrogen) atoms. The van der Waals surface area contributed by atoms with Crippen LogP contribution < -0.4 is 20.7 Å². The number of carbonyl (C=O) groups excluding carboxylic acids is 1. The summed E-state index contributed by atoms with van der Waals surface area (Å²) in [6.45, 7) is 0.437. The molecular formula is C23H23ClFN5O3. The third-order valence-electron chi connectivity index (χ3n) is 5.48. The van der Waals surface area contributed by atoms with E-state index in [-0.39, 0.29) is 41.5 Å². The van der Waals surface area contributed by atoms with Gasteiger partial charge in [-0.05, 0) is 42.8 Å². The van der Waals surface area contributed by atoms with Crippen LogP contribution in [0.5, 0.6) is 5.75 Å². The molecule has 1 amide bonds. The van der Waals surface area contributed by atoms with Gasteiger partial charge in [0.15, 0.2) is 5.82 Å². The van der Waals surface area contributed by atoms with Crippen molar-refractivity contribution in [2.24, 2.45) is 5.73 Å². The molecule has 3 aromatic rings. The lowest BCUT2D eigenvalue weighted by molar-refractivity contribution is 0.102. The van der Waals surface area contributed by atoms with Crippen LogP contribution in [0.15, 0.2) is 48.7 Å². The van der Waals surface area contributed by atoms with Crippen molar-refractivity contribution in [1.82, 2.24) is 9.97 Å². The highest BCUT2D eigenvalue weighted by Gasteiger charge is 2.31. The van der Waals surface area contributed by atoms with Gasteiger partial charge in [-0.25, -0.2) is 14.4 Å². The molecule has 0 aliphatic carbocycles. The van der Waals surface area contributed by atoms with Crippen molar-refractivity contribution in [1.29, 1.82) is 0 Å². The first kappa shape index (κ1) is 22.9. The fourth-order valence-corrected chi connectivity index (χ4v) is 4.12. The summed E-state index contributed by atoms with van der Waals surface area (Å²) in [4.78, 5) is 23.3. The molecule has 10 heteroatoms. The molecule has 4 N–H and O–H groups in total. The van der Waals surface area contributed by atoms with Crippen LogP contribution in [-0.4, -0.2) is 53.3 Å². The maximum Gasteiger partial charge on any atom is 0.274 e. The van der Waals surface area contributed by atoms with E-state index in [9.17, 15) is 14.3 Å². The molecule has 0 bridgehead atoms. The number of ether oxygens (including phenoxy) is 1. The van der Waals surface area contributed by atoms with E-state index in [0.717, 1.165) is 0 Å². The van der Waals surface area contributed by atoms with E-state index in [4.69, 9.17) is 22.1 Å². The zero-order chi connectivity index (χ0) is 23.5. The summed E-state index contributed by atoms with van der Waals surface area (Å²) in [6.07, 6.45) is 2.00. The normalized spacial score (nSPS) is 17.8. The van der Waals surface area contributed by atoms with Gasteiger partial charge in [-0.3, -0.25) is 4.79 Å². The Balaban J connectivity index is 1.65. The molecule has 2 heterocycles. The van der Waals surface area contributed by atoms with Crippen molar-refractivity contribution < 1.29 is 19.0 Å². The second-order valence-electron chi connectivity index (χ2n) is 7.68. The third-order valence-corrected chi connectivity index (χ3v) is 5.72. The highest BCUT2D eigenvalue weighted by Crippen LogP contribution is 2.35. The number of nitrogens with two attached hydrogens (primary N) is 1. The third kappa shape index (κ3) is 4.75. The van der Waals surface area contributed by atoms with Crippen molar-refractivity contribution in [3.8, 4) is 17.1 Å². The predicted molar refractivity (Wildman–Crippen MR) is 124 cm³/mol. The summed E-state index contributed by atoms with van der Waals surface area (Å²) in [5.74, 6) is -0.790. The number of hydrogen-bond acceptors (Lipinski definition) is 7. The number of aliphatic hydroxyl groups excluding tert-OH is 1. The lowest BCUT2D eigenvalue weighted by atomic mass is 10.1. The predicted octanol–water partition coefficient (Wildman–Crippen LogP) is 3.10. The number of aromatic nitrogens is 2. The van der Waals surface area contributed by atoms with Gasteiger partial charge in [-0.2, -0.15) is 0 Å². The van der Waals surface area contributed by atoms with E-state index in [2.05, 4.69) is 15.3 Å². The number of nitrogens with zero attached hydrogens (tertiary/aromatic N) is 3. The van der Waals surface area contributed by atoms with Crippen molar-refractivity contribution in [2.45, 2.75) is 18.5 Å². The summed E-state index contributed by atoms with van der Waals surface area (Å²) in [5, 5.41) is 13.1. The summed E-state index contributed by atoms with van der Waals surface area (Å²) in [7, 11) is 1.42. The maximum atomic E-state index is 14.5. The zero-order valence-corrected chi connectivity index (χ0v) is 18.6. The molecular weight excluding hydrogens is 449 g/mol. The standard InChI is InChI=1S/C23H23ClFN5O3/c1-33-20-4-2-3-16(25)21(20)22-27-8-7-18(28-22)23(32)29-17-6-5-13(24)9-19(17)30-11-14(26)10-15(30)12-31/h2-9,14-15,31H,10-12,26H2,1H3,(H,29,32)/t14-,15-/m0/s1. The monoisotopic (exact) mass is 471 g/mol. The van der Waals surface area contributed by atoms with Crippen molar-refractivity contribution in [3.63, 3.8) is 0 Å². The summed E-state index contributed by atoms with van der Waals surface area (Å²) in [5.41, 5.74) is 7.33. The first-order valence-electron chi connectivity index (χ1n) is 10.3. The van der Waals surface area contributed by atoms with E-state index < -0.39 is 11.7 Å². The minimum absolute atomic E-state index is 0.0276. The minimum Gasteiger partial charge on any atom is -0.496 e. The Morgan fingerprint density at radius 1 is 1.36 bits per heavy atom. The van der Waals surface area contributed by atoms with Crippen LogP contribution in [0.25, 0.3) is 11.4 Å². The molecule has 172 valence electrons. The first-order valence-corrected chi connectivity index (χ1v) is 10.7. The lowest BCUT2D eigenvalue weighted by Crippen LogP contribution is -2.33. The molecule has 0 spiro atoms. The molecule has 1 aliphatic heterocycles. The fraction of sp³-hybridized carbons (Fsp3) is 0.261. The molecule has 8 nitrogen and oxygen atoms in total. The zero-order valence-electron chi connectivity index (χ0n) is 17.8. The van der Waals surface area contributed by atoms with Crippen LogP contribution in [0.3, 0.4) is 0 Å². The van der Waals surface area contributed by atoms with Crippen molar-refractivity contribution >= 4 is 28.9 Å². The Kier molecular flexibility index (Phi) is 6.73. The van der Waals surface area contributed by atoms with Crippen molar-refractivity contribution in [3.05, 3.63) is 65.2 Å². The van der Waals surface area contributed by atoms with E-state index in [1.165, 1.54) is 31.5 Å². The number of nitrogens with one attached hydrogen (secondary N) is 1. The second-order valence-corrected chi connectivity index (χ2v) is 8.12. The van der Waals surface area contributed by atoms with Gasteiger partial charge < -0.3 is 25.8 Å². The van der Waals surface area contributed by atoms with Crippen LogP contribution >= 0.6 is 11.6 Å². The van der Waals surface area contributed by atoms with Crippen LogP contribution in [-0.2, 0) is 0 Å². The number of hydrogen-bond donors (Lipinski definition) is 3. The Hall–Kier alpha value is -3.27. The fourth-order valence-electron chi connectivity index (χ4n) is 3.95. The number of halogens is 2. The number of benzene rings is 2. The van der Waals surface area contributed by atoms with Gasteiger partial charge in [0.05, 0.1) is 36.7 Å². The second kappa shape index (κ2) is 9.70. The number of anilines is 2. The van der Waals surface area contributed by atoms with E-state index in [1.54, 1.807) is 24.3 Å². The quantitative estimate of drug-likeness (QED) is 0.506. The molecule has 1 saturated heterocycles. The summed E-state index contributed by atoms with van der Waals surface area (Å²) >= 11 is 6.21. The first-order chi connectivity index (χ1) is 15.9.